The first-order valence-corrected chi connectivity index (χ1v) is 7.01. The minimum atomic E-state index is 0.665. The Morgan fingerprint density at radius 3 is 2.83 bits per heavy atom. The van der Waals surface area contributed by atoms with Gasteiger partial charge in [0.25, 0.3) is 0 Å². The second-order valence-electron chi connectivity index (χ2n) is 5.04. The summed E-state index contributed by atoms with van der Waals surface area (Å²) < 4.78 is 5.21. The van der Waals surface area contributed by atoms with Crippen molar-refractivity contribution in [2.45, 2.75) is 33.1 Å². The average molecular weight is 249 g/mol. The van der Waals surface area contributed by atoms with Crippen LogP contribution >= 0.6 is 0 Å². The second-order valence-corrected chi connectivity index (χ2v) is 5.04. The van der Waals surface area contributed by atoms with Gasteiger partial charge in [-0.25, -0.2) is 0 Å². The Morgan fingerprint density at radius 1 is 1.33 bits per heavy atom. The number of aryl methyl sites for hydroxylation is 1. The van der Waals surface area contributed by atoms with E-state index in [0.717, 1.165) is 32.5 Å². The summed E-state index contributed by atoms with van der Waals surface area (Å²) in [6.45, 7) is 7.41. The van der Waals surface area contributed by atoms with Gasteiger partial charge in [-0.3, -0.25) is 0 Å². The summed E-state index contributed by atoms with van der Waals surface area (Å²) in [5, 5.41) is 3.52. The van der Waals surface area contributed by atoms with Crippen LogP contribution in [-0.2, 0) is 11.2 Å². The van der Waals surface area contributed by atoms with Crippen LogP contribution in [0.15, 0.2) is 24.3 Å². The quantitative estimate of drug-likeness (QED) is 0.679. The van der Waals surface area contributed by atoms with Gasteiger partial charge >= 0.3 is 0 Å². The molecule has 0 fully saturated rings. The van der Waals surface area contributed by atoms with Crippen LogP contribution in [0.1, 0.15) is 30.9 Å². The summed E-state index contributed by atoms with van der Waals surface area (Å²) in [5.41, 5.74) is 2.79. The van der Waals surface area contributed by atoms with Gasteiger partial charge < -0.3 is 10.1 Å². The lowest BCUT2D eigenvalue weighted by Gasteiger charge is -2.17. The fourth-order valence-corrected chi connectivity index (χ4v) is 2.22. The summed E-state index contributed by atoms with van der Waals surface area (Å²) in [4.78, 5) is 0. The lowest BCUT2D eigenvalue weighted by Crippen LogP contribution is -2.26. The summed E-state index contributed by atoms with van der Waals surface area (Å²) in [7, 11) is 1.78. The molecule has 0 bridgehead atoms. The molecule has 2 heteroatoms. The van der Waals surface area contributed by atoms with Crippen molar-refractivity contribution in [2.75, 3.05) is 26.8 Å². The predicted molar refractivity (Wildman–Crippen MR) is 78.0 cm³/mol. The molecule has 1 rings (SSSR count). The van der Waals surface area contributed by atoms with Crippen molar-refractivity contribution < 1.29 is 4.74 Å². The Morgan fingerprint density at radius 2 is 2.17 bits per heavy atom. The van der Waals surface area contributed by atoms with Gasteiger partial charge in [0.2, 0.25) is 0 Å². The topological polar surface area (TPSA) is 21.3 Å². The molecule has 0 saturated carbocycles. The van der Waals surface area contributed by atoms with E-state index < -0.39 is 0 Å². The molecule has 0 amide bonds. The molecule has 0 aromatic heterocycles. The van der Waals surface area contributed by atoms with Crippen LogP contribution in [0.4, 0.5) is 0 Å². The van der Waals surface area contributed by atoms with E-state index in [1.807, 2.05) is 0 Å². The lowest BCUT2D eigenvalue weighted by atomic mass is 9.95. The van der Waals surface area contributed by atoms with Crippen LogP contribution < -0.4 is 5.32 Å². The van der Waals surface area contributed by atoms with Crippen LogP contribution in [-0.4, -0.2) is 26.8 Å². The van der Waals surface area contributed by atoms with E-state index in [1.165, 1.54) is 17.5 Å². The van der Waals surface area contributed by atoms with Gasteiger partial charge in [-0.05, 0) is 50.8 Å². The molecular weight excluding hydrogens is 222 g/mol. The first-order valence-electron chi connectivity index (χ1n) is 7.01. The molecule has 1 unspecified atom stereocenters. The van der Waals surface area contributed by atoms with Crippen LogP contribution in [0.25, 0.3) is 0 Å². The maximum absolute atomic E-state index is 5.21. The van der Waals surface area contributed by atoms with E-state index in [2.05, 4.69) is 43.4 Å². The van der Waals surface area contributed by atoms with E-state index >= 15 is 0 Å². The van der Waals surface area contributed by atoms with Gasteiger partial charge in [-0.2, -0.15) is 0 Å². The smallest absolute Gasteiger partial charge is 0.0465 e. The number of benzene rings is 1. The van der Waals surface area contributed by atoms with E-state index in [1.54, 1.807) is 7.11 Å². The Labute approximate surface area is 112 Å². The molecule has 0 aliphatic heterocycles. The third-order valence-electron chi connectivity index (χ3n) is 3.20. The highest BCUT2D eigenvalue weighted by Gasteiger charge is 2.09. The number of methoxy groups -OCH3 is 1. The number of nitrogens with one attached hydrogen (secondary N) is 1. The Balaban J connectivity index is 2.48. The third kappa shape index (κ3) is 6.18. The van der Waals surface area contributed by atoms with Gasteiger partial charge in [-0.15, -0.1) is 0 Å². The van der Waals surface area contributed by atoms with Crippen molar-refractivity contribution in [2.24, 2.45) is 5.92 Å². The minimum absolute atomic E-state index is 0.665. The molecule has 1 N–H and O–H groups in total. The average Bonchev–Trinajstić information content (AvgIpc) is 2.36. The third-order valence-corrected chi connectivity index (χ3v) is 3.20. The first-order chi connectivity index (χ1) is 8.76. The van der Waals surface area contributed by atoms with Crippen molar-refractivity contribution in [1.82, 2.24) is 5.32 Å². The molecule has 1 atom stereocenters. The highest BCUT2D eigenvalue weighted by molar-refractivity contribution is 5.22. The first kappa shape index (κ1) is 15.2. The van der Waals surface area contributed by atoms with Crippen molar-refractivity contribution in [3.05, 3.63) is 35.4 Å². The molecule has 18 heavy (non-hydrogen) atoms. The zero-order valence-electron chi connectivity index (χ0n) is 12.0. The maximum Gasteiger partial charge on any atom is 0.0465 e. The van der Waals surface area contributed by atoms with Crippen LogP contribution in [0, 0.1) is 12.8 Å². The predicted octanol–water partition coefficient (Wildman–Crippen LogP) is 3.19. The van der Waals surface area contributed by atoms with Gasteiger partial charge in [0.15, 0.2) is 0 Å². The summed E-state index contributed by atoms with van der Waals surface area (Å²) >= 11 is 0. The number of rotatable bonds is 9. The molecule has 0 saturated heterocycles. The van der Waals surface area contributed by atoms with Crippen molar-refractivity contribution in [3.8, 4) is 0 Å². The lowest BCUT2D eigenvalue weighted by molar-refractivity contribution is 0.176. The molecule has 1 aromatic carbocycles. The standard InChI is InChI=1S/C16H27NO/c1-4-9-17-13-16(8-10-18-3)12-15-7-5-6-14(2)11-15/h5-7,11,16-17H,4,8-10,12-13H2,1-3H3. The zero-order chi connectivity index (χ0) is 13.2. The van der Waals surface area contributed by atoms with Gasteiger partial charge in [0.1, 0.15) is 0 Å². The highest BCUT2D eigenvalue weighted by Crippen LogP contribution is 2.13. The molecule has 0 aliphatic carbocycles. The molecule has 0 spiro atoms. The van der Waals surface area contributed by atoms with Gasteiger partial charge in [-0.1, -0.05) is 36.8 Å². The van der Waals surface area contributed by atoms with Crippen LogP contribution in [0.2, 0.25) is 0 Å². The van der Waals surface area contributed by atoms with E-state index in [0.29, 0.717) is 5.92 Å². The normalized spacial score (nSPS) is 12.6. The molecule has 0 aliphatic rings. The minimum Gasteiger partial charge on any atom is -0.385 e. The fraction of sp³-hybridized carbons (Fsp3) is 0.625. The maximum atomic E-state index is 5.21. The van der Waals surface area contributed by atoms with E-state index in [-0.39, 0.29) is 0 Å². The van der Waals surface area contributed by atoms with Crippen LogP contribution in [0.3, 0.4) is 0 Å². The number of hydrogen-bond donors (Lipinski definition) is 1. The largest absolute Gasteiger partial charge is 0.385 e. The summed E-state index contributed by atoms with van der Waals surface area (Å²) in [6.07, 6.45) is 3.46. The Bertz CT molecular complexity index is 325. The van der Waals surface area contributed by atoms with Gasteiger partial charge in [0, 0.05) is 13.7 Å². The van der Waals surface area contributed by atoms with Crippen molar-refractivity contribution in [1.29, 1.82) is 0 Å². The molecule has 1 aromatic rings. The molecule has 0 heterocycles. The van der Waals surface area contributed by atoms with Crippen molar-refractivity contribution in [3.63, 3.8) is 0 Å². The number of hydrogen-bond acceptors (Lipinski definition) is 2. The Hall–Kier alpha value is -0.860. The van der Waals surface area contributed by atoms with Crippen molar-refractivity contribution >= 4 is 0 Å². The van der Waals surface area contributed by atoms with E-state index in [9.17, 15) is 0 Å². The van der Waals surface area contributed by atoms with Crippen LogP contribution in [0.5, 0.6) is 0 Å². The Kier molecular flexibility index (Phi) is 7.70. The number of ether oxygens (including phenoxy) is 1. The van der Waals surface area contributed by atoms with Gasteiger partial charge in [0.05, 0.1) is 0 Å². The molecule has 2 nitrogen and oxygen atoms in total. The molecule has 102 valence electrons. The summed E-state index contributed by atoms with van der Waals surface area (Å²) in [5.74, 6) is 0.665. The zero-order valence-corrected chi connectivity index (χ0v) is 12.0. The molecular formula is C16H27NO. The molecule has 0 radical (unpaired) electrons. The fourth-order valence-electron chi connectivity index (χ4n) is 2.22. The monoisotopic (exact) mass is 249 g/mol. The SMILES string of the molecule is CCCNCC(CCOC)Cc1cccc(C)c1. The van der Waals surface area contributed by atoms with E-state index in [4.69, 9.17) is 4.74 Å². The second kappa shape index (κ2) is 9.12. The summed E-state index contributed by atoms with van der Waals surface area (Å²) in [6, 6.07) is 8.83. The highest BCUT2D eigenvalue weighted by atomic mass is 16.5.